The number of imidazole rings is 1. The fourth-order valence-electron chi connectivity index (χ4n) is 3.25. The minimum atomic E-state index is -0.0363. The Morgan fingerprint density at radius 1 is 1.15 bits per heavy atom. The summed E-state index contributed by atoms with van der Waals surface area (Å²) in [6.45, 7) is 3.40. The van der Waals surface area contributed by atoms with Gasteiger partial charge in [0.15, 0.2) is 0 Å². The van der Waals surface area contributed by atoms with Crippen molar-refractivity contribution in [3.63, 3.8) is 0 Å². The molecule has 1 heterocycles. The van der Waals surface area contributed by atoms with Gasteiger partial charge in [0.05, 0.1) is 6.54 Å². The molecule has 1 aromatic heterocycles. The van der Waals surface area contributed by atoms with Gasteiger partial charge in [-0.15, -0.1) is 0 Å². The van der Waals surface area contributed by atoms with Gasteiger partial charge in [-0.25, -0.2) is 4.98 Å². The molecule has 1 atom stereocenters. The first-order chi connectivity index (χ1) is 13.1. The number of carbonyl (C=O) groups excluding carboxylic acids is 1. The van der Waals surface area contributed by atoms with Crippen LogP contribution in [0.3, 0.4) is 0 Å². The van der Waals surface area contributed by atoms with Crippen molar-refractivity contribution < 1.29 is 4.79 Å². The van der Waals surface area contributed by atoms with Gasteiger partial charge in [0.2, 0.25) is 5.91 Å². The Morgan fingerprint density at radius 3 is 2.59 bits per heavy atom. The van der Waals surface area contributed by atoms with E-state index in [4.69, 9.17) is 11.6 Å². The molecule has 3 aromatic rings. The molecule has 0 radical (unpaired) electrons. The Kier molecular flexibility index (Phi) is 6.30. The molecule has 0 N–H and O–H groups in total. The lowest BCUT2D eigenvalue weighted by atomic mass is 9.88. The summed E-state index contributed by atoms with van der Waals surface area (Å²) < 4.78 is 2.05. The van der Waals surface area contributed by atoms with Gasteiger partial charge in [-0.3, -0.25) is 4.79 Å². The lowest BCUT2D eigenvalue weighted by molar-refractivity contribution is -0.130. The van der Waals surface area contributed by atoms with E-state index in [2.05, 4.69) is 28.6 Å². The molecular formula is C22H24ClN3O. The van der Waals surface area contributed by atoms with Crippen LogP contribution >= 0.6 is 11.6 Å². The Hall–Kier alpha value is -2.59. The molecule has 3 rings (SSSR count). The standard InChI is InChI=1S/C22H24ClN3O/c1-3-26-13-12-24-21(26)16-25(2)22(27)15-20(17-8-5-4-6-9-17)18-10-7-11-19(23)14-18/h4-14,20H,3,15-16H2,1-2H3/t20-/m0/s1. The van der Waals surface area contributed by atoms with E-state index >= 15 is 0 Å². The van der Waals surface area contributed by atoms with Gasteiger partial charge in [0.1, 0.15) is 5.82 Å². The number of carbonyl (C=O) groups is 1. The first kappa shape index (κ1) is 19.2. The molecule has 0 saturated carbocycles. The minimum Gasteiger partial charge on any atom is -0.338 e. The minimum absolute atomic E-state index is 0.0363. The van der Waals surface area contributed by atoms with E-state index in [0.717, 1.165) is 23.5 Å². The van der Waals surface area contributed by atoms with Gasteiger partial charge < -0.3 is 9.47 Å². The molecule has 0 aliphatic heterocycles. The van der Waals surface area contributed by atoms with E-state index in [1.54, 1.807) is 11.1 Å². The van der Waals surface area contributed by atoms with Crippen molar-refractivity contribution in [2.45, 2.75) is 32.4 Å². The molecule has 0 fully saturated rings. The predicted molar refractivity (Wildman–Crippen MR) is 109 cm³/mol. The summed E-state index contributed by atoms with van der Waals surface area (Å²) in [5.41, 5.74) is 2.15. The summed E-state index contributed by atoms with van der Waals surface area (Å²) in [5.74, 6) is 0.938. The monoisotopic (exact) mass is 381 g/mol. The maximum atomic E-state index is 13.0. The number of aryl methyl sites for hydroxylation is 1. The summed E-state index contributed by atoms with van der Waals surface area (Å²) in [4.78, 5) is 19.1. The number of rotatable bonds is 7. The Balaban J connectivity index is 1.80. The van der Waals surface area contributed by atoms with E-state index in [1.165, 1.54) is 0 Å². The highest BCUT2D eigenvalue weighted by atomic mass is 35.5. The van der Waals surface area contributed by atoms with Gasteiger partial charge in [-0.05, 0) is 30.2 Å². The second kappa shape index (κ2) is 8.87. The lowest BCUT2D eigenvalue weighted by Crippen LogP contribution is -2.29. The van der Waals surface area contributed by atoms with Crippen molar-refractivity contribution in [1.29, 1.82) is 0 Å². The molecule has 4 nitrogen and oxygen atoms in total. The SMILES string of the molecule is CCn1ccnc1CN(C)C(=O)C[C@@H](c1ccccc1)c1cccc(Cl)c1. The first-order valence-electron chi connectivity index (χ1n) is 9.13. The zero-order valence-corrected chi connectivity index (χ0v) is 16.4. The van der Waals surface area contributed by atoms with Gasteiger partial charge in [0.25, 0.3) is 0 Å². The summed E-state index contributed by atoms with van der Waals surface area (Å²) in [6.07, 6.45) is 4.09. The van der Waals surface area contributed by atoms with Crippen LogP contribution in [0.25, 0.3) is 0 Å². The van der Waals surface area contributed by atoms with Crippen LogP contribution in [0.4, 0.5) is 0 Å². The van der Waals surface area contributed by atoms with Gasteiger partial charge in [0, 0.05) is 43.3 Å². The van der Waals surface area contributed by atoms with Crippen molar-refractivity contribution in [1.82, 2.24) is 14.5 Å². The van der Waals surface area contributed by atoms with E-state index in [-0.39, 0.29) is 11.8 Å². The topological polar surface area (TPSA) is 38.1 Å². The number of aromatic nitrogens is 2. The smallest absolute Gasteiger partial charge is 0.223 e. The molecule has 2 aromatic carbocycles. The lowest BCUT2D eigenvalue weighted by Gasteiger charge is -2.23. The Morgan fingerprint density at radius 2 is 1.89 bits per heavy atom. The normalized spacial score (nSPS) is 12.0. The number of halogens is 1. The quantitative estimate of drug-likeness (QED) is 0.593. The van der Waals surface area contributed by atoms with Crippen LogP contribution in [0.5, 0.6) is 0 Å². The Bertz CT molecular complexity index is 891. The molecule has 0 spiro atoms. The second-order valence-corrected chi connectivity index (χ2v) is 7.04. The van der Waals surface area contributed by atoms with E-state index in [9.17, 15) is 4.79 Å². The van der Waals surface area contributed by atoms with Crippen molar-refractivity contribution >= 4 is 17.5 Å². The number of benzene rings is 2. The highest BCUT2D eigenvalue weighted by Crippen LogP contribution is 2.30. The second-order valence-electron chi connectivity index (χ2n) is 6.60. The average molecular weight is 382 g/mol. The van der Waals surface area contributed by atoms with Crippen molar-refractivity contribution in [2.75, 3.05) is 7.05 Å². The van der Waals surface area contributed by atoms with E-state index in [1.807, 2.05) is 55.7 Å². The third-order valence-electron chi connectivity index (χ3n) is 4.78. The highest BCUT2D eigenvalue weighted by molar-refractivity contribution is 6.30. The largest absolute Gasteiger partial charge is 0.338 e. The van der Waals surface area contributed by atoms with Crippen LogP contribution in [0, 0.1) is 0 Å². The van der Waals surface area contributed by atoms with Crippen LogP contribution in [-0.2, 0) is 17.9 Å². The molecule has 27 heavy (non-hydrogen) atoms. The number of nitrogens with zero attached hydrogens (tertiary/aromatic N) is 3. The molecule has 0 bridgehead atoms. The van der Waals surface area contributed by atoms with Crippen LogP contribution in [0.1, 0.15) is 36.2 Å². The number of hydrogen-bond acceptors (Lipinski definition) is 2. The molecule has 1 amide bonds. The fourth-order valence-corrected chi connectivity index (χ4v) is 3.45. The van der Waals surface area contributed by atoms with Gasteiger partial charge >= 0.3 is 0 Å². The number of hydrogen-bond donors (Lipinski definition) is 0. The Labute approximate surface area is 165 Å². The molecular weight excluding hydrogens is 358 g/mol. The van der Waals surface area contributed by atoms with Gasteiger partial charge in [-0.1, -0.05) is 54.1 Å². The third kappa shape index (κ3) is 4.77. The predicted octanol–water partition coefficient (Wildman–Crippen LogP) is 4.74. The summed E-state index contributed by atoms with van der Waals surface area (Å²) in [7, 11) is 1.83. The van der Waals surface area contributed by atoms with Crippen LogP contribution in [0.15, 0.2) is 67.0 Å². The maximum Gasteiger partial charge on any atom is 0.223 e. The molecule has 0 unspecified atom stereocenters. The van der Waals surface area contributed by atoms with Gasteiger partial charge in [-0.2, -0.15) is 0 Å². The van der Waals surface area contributed by atoms with E-state index in [0.29, 0.717) is 18.0 Å². The zero-order chi connectivity index (χ0) is 19.2. The third-order valence-corrected chi connectivity index (χ3v) is 5.01. The maximum absolute atomic E-state index is 13.0. The molecule has 140 valence electrons. The molecule has 0 aliphatic carbocycles. The first-order valence-corrected chi connectivity index (χ1v) is 9.50. The number of amides is 1. The fraction of sp³-hybridized carbons (Fsp3) is 0.273. The summed E-state index contributed by atoms with van der Waals surface area (Å²) >= 11 is 6.20. The van der Waals surface area contributed by atoms with Crippen LogP contribution in [0.2, 0.25) is 5.02 Å². The molecule has 0 aliphatic rings. The summed E-state index contributed by atoms with van der Waals surface area (Å²) in [6, 6.07) is 17.9. The van der Waals surface area contributed by atoms with Crippen molar-refractivity contribution in [2.24, 2.45) is 0 Å². The van der Waals surface area contributed by atoms with Crippen molar-refractivity contribution in [3.8, 4) is 0 Å². The van der Waals surface area contributed by atoms with Crippen LogP contribution < -0.4 is 0 Å². The van der Waals surface area contributed by atoms with Crippen molar-refractivity contribution in [3.05, 3.63) is 89.0 Å². The summed E-state index contributed by atoms with van der Waals surface area (Å²) in [5, 5.41) is 0.680. The zero-order valence-electron chi connectivity index (χ0n) is 15.7. The average Bonchev–Trinajstić information content (AvgIpc) is 3.13. The van der Waals surface area contributed by atoms with Crippen LogP contribution in [-0.4, -0.2) is 27.4 Å². The molecule has 0 saturated heterocycles. The highest BCUT2D eigenvalue weighted by Gasteiger charge is 2.21. The van der Waals surface area contributed by atoms with E-state index < -0.39 is 0 Å². The molecule has 5 heteroatoms.